The van der Waals surface area contributed by atoms with E-state index in [1.807, 2.05) is 64.1 Å². The van der Waals surface area contributed by atoms with Gasteiger partial charge in [-0.3, -0.25) is 4.79 Å². The minimum atomic E-state index is -1.15. The Kier molecular flexibility index (Phi) is 9.09. The standard InChI is InChI=1S/C27H34O5/c1-7-27(4,5)24(26(29)30-6)25(28)22-14-13-21(17-23(22)31-16-15-19(2)3)32-18-20-11-9-8-10-12-20/h7-15,17,24-25,28H,1,16,18H2,2-6H3. The van der Waals surface area contributed by atoms with Gasteiger partial charge in [-0.15, -0.1) is 6.58 Å². The third-order valence-corrected chi connectivity index (χ3v) is 5.38. The van der Waals surface area contributed by atoms with Crippen molar-refractivity contribution >= 4 is 5.97 Å². The number of aliphatic hydroxyl groups excluding tert-OH is 1. The predicted octanol–water partition coefficient (Wildman–Crippen LogP) is 5.65. The Hall–Kier alpha value is -3.05. The van der Waals surface area contributed by atoms with Gasteiger partial charge in [0.1, 0.15) is 24.7 Å². The molecule has 0 radical (unpaired) electrons. The van der Waals surface area contributed by atoms with Crippen LogP contribution < -0.4 is 9.47 Å². The quantitative estimate of drug-likeness (QED) is 0.363. The Morgan fingerprint density at radius 1 is 1.12 bits per heavy atom. The second-order valence-corrected chi connectivity index (χ2v) is 8.54. The lowest BCUT2D eigenvalue weighted by atomic mass is 9.74. The van der Waals surface area contributed by atoms with E-state index in [0.29, 0.717) is 30.3 Å². The van der Waals surface area contributed by atoms with Crippen molar-refractivity contribution in [3.63, 3.8) is 0 Å². The smallest absolute Gasteiger partial charge is 0.312 e. The summed E-state index contributed by atoms with van der Waals surface area (Å²) in [7, 11) is 1.31. The molecule has 0 saturated heterocycles. The summed E-state index contributed by atoms with van der Waals surface area (Å²) in [6.45, 7) is 12.2. The first-order valence-corrected chi connectivity index (χ1v) is 10.7. The van der Waals surface area contributed by atoms with E-state index in [1.165, 1.54) is 7.11 Å². The molecule has 0 fully saturated rings. The molecule has 2 atom stereocenters. The summed E-state index contributed by atoms with van der Waals surface area (Å²) in [5, 5.41) is 11.3. The van der Waals surface area contributed by atoms with E-state index in [0.717, 1.165) is 11.1 Å². The SMILES string of the molecule is C=CC(C)(C)C(C(=O)OC)C(O)c1ccc(OCc2ccccc2)cc1OCC=C(C)C. The van der Waals surface area contributed by atoms with Crippen molar-refractivity contribution in [1.29, 1.82) is 0 Å². The molecule has 5 heteroatoms. The first kappa shape index (κ1) is 25.2. The minimum Gasteiger partial charge on any atom is -0.489 e. The predicted molar refractivity (Wildman–Crippen MR) is 127 cm³/mol. The summed E-state index contributed by atoms with van der Waals surface area (Å²) in [6.07, 6.45) is 2.44. The number of carbonyl (C=O) groups is 1. The second kappa shape index (κ2) is 11.5. The highest BCUT2D eigenvalue weighted by molar-refractivity contribution is 5.75. The molecule has 0 amide bonds. The molecule has 0 aliphatic carbocycles. The minimum absolute atomic E-state index is 0.331. The van der Waals surface area contributed by atoms with Crippen LogP contribution in [0, 0.1) is 11.3 Å². The normalized spacial score (nSPS) is 12.9. The van der Waals surface area contributed by atoms with Crippen LogP contribution in [0.2, 0.25) is 0 Å². The molecular weight excluding hydrogens is 404 g/mol. The van der Waals surface area contributed by atoms with Crippen LogP contribution in [-0.2, 0) is 16.1 Å². The maximum atomic E-state index is 12.6. The van der Waals surface area contributed by atoms with Gasteiger partial charge < -0.3 is 19.3 Å². The van der Waals surface area contributed by atoms with Crippen molar-refractivity contribution in [3.05, 3.63) is 84.0 Å². The van der Waals surface area contributed by atoms with Gasteiger partial charge in [-0.05, 0) is 43.0 Å². The van der Waals surface area contributed by atoms with Crippen LogP contribution in [0.25, 0.3) is 0 Å². The first-order valence-electron chi connectivity index (χ1n) is 10.7. The number of ether oxygens (including phenoxy) is 3. The number of methoxy groups -OCH3 is 1. The van der Waals surface area contributed by atoms with Gasteiger partial charge in [-0.2, -0.15) is 0 Å². The number of hydrogen-bond acceptors (Lipinski definition) is 5. The zero-order chi connectivity index (χ0) is 23.7. The Labute approximate surface area is 191 Å². The zero-order valence-electron chi connectivity index (χ0n) is 19.6. The maximum Gasteiger partial charge on any atom is 0.312 e. The van der Waals surface area contributed by atoms with Crippen LogP contribution in [0.5, 0.6) is 11.5 Å². The summed E-state index contributed by atoms with van der Waals surface area (Å²) in [4.78, 5) is 12.6. The molecular formula is C27H34O5. The summed E-state index contributed by atoms with van der Waals surface area (Å²) >= 11 is 0. The first-order chi connectivity index (χ1) is 15.2. The van der Waals surface area contributed by atoms with Gasteiger partial charge in [0.15, 0.2) is 0 Å². The lowest BCUT2D eigenvalue weighted by Gasteiger charge is -2.33. The lowest BCUT2D eigenvalue weighted by molar-refractivity contribution is -0.154. The Morgan fingerprint density at radius 2 is 1.81 bits per heavy atom. The van der Waals surface area contributed by atoms with E-state index in [4.69, 9.17) is 14.2 Å². The Morgan fingerprint density at radius 3 is 2.41 bits per heavy atom. The summed E-state index contributed by atoms with van der Waals surface area (Å²) in [6, 6.07) is 15.1. The van der Waals surface area contributed by atoms with E-state index in [1.54, 1.807) is 24.3 Å². The molecule has 2 rings (SSSR count). The number of rotatable bonds is 11. The Balaban J connectivity index is 2.38. The van der Waals surface area contributed by atoms with Gasteiger partial charge in [0.2, 0.25) is 0 Å². The molecule has 0 bridgehead atoms. The van der Waals surface area contributed by atoms with Crippen molar-refractivity contribution in [2.75, 3.05) is 13.7 Å². The number of allylic oxidation sites excluding steroid dienone is 2. The number of carbonyl (C=O) groups excluding carboxylic acids is 1. The topological polar surface area (TPSA) is 65.0 Å². The van der Waals surface area contributed by atoms with Crippen LogP contribution >= 0.6 is 0 Å². The average molecular weight is 439 g/mol. The van der Waals surface area contributed by atoms with Gasteiger partial charge in [-0.1, -0.05) is 55.8 Å². The molecule has 1 N–H and O–H groups in total. The number of hydrogen-bond donors (Lipinski definition) is 1. The van der Waals surface area contributed by atoms with Crippen LogP contribution in [0.15, 0.2) is 72.8 Å². The van der Waals surface area contributed by atoms with E-state index in [2.05, 4.69) is 6.58 Å². The highest BCUT2D eigenvalue weighted by Crippen LogP contribution is 2.42. The van der Waals surface area contributed by atoms with E-state index in [-0.39, 0.29) is 0 Å². The molecule has 2 aromatic rings. The van der Waals surface area contributed by atoms with E-state index in [9.17, 15) is 9.90 Å². The highest BCUT2D eigenvalue weighted by atomic mass is 16.5. The third kappa shape index (κ3) is 6.72. The summed E-state index contributed by atoms with van der Waals surface area (Å²) in [5.74, 6) is -0.308. The number of benzene rings is 2. The highest BCUT2D eigenvalue weighted by Gasteiger charge is 2.41. The number of aliphatic hydroxyl groups is 1. The molecule has 0 aromatic heterocycles. The van der Waals surface area contributed by atoms with E-state index < -0.39 is 23.4 Å². The van der Waals surface area contributed by atoms with Crippen LogP contribution in [0.4, 0.5) is 0 Å². The second-order valence-electron chi connectivity index (χ2n) is 8.54. The molecule has 32 heavy (non-hydrogen) atoms. The van der Waals surface area contributed by atoms with Gasteiger partial charge in [0.05, 0.1) is 19.1 Å². The number of esters is 1. The molecule has 2 unspecified atom stereocenters. The fraction of sp³-hybridized carbons (Fsp3) is 0.370. The fourth-order valence-corrected chi connectivity index (χ4v) is 3.29. The molecule has 172 valence electrons. The summed E-state index contributed by atoms with van der Waals surface area (Å²) < 4.78 is 16.9. The monoisotopic (exact) mass is 438 g/mol. The van der Waals surface area contributed by atoms with Crippen molar-refractivity contribution < 1.29 is 24.1 Å². The molecule has 0 saturated carbocycles. The largest absolute Gasteiger partial charge is 0.489 e. The van der Waals surface area contributed by atoms with Gasteiger partial charge in [0, 0.05) is 11.6 Å². The van der Waals surface area contributed by atoms with Crippen molar-refractivity contribution in [2.45, 2.75) is 40.4 Å². The molecule has 0 aliphatic rings. The molecule has 0 heterocycles. The van der Waals surface area contributed by atoms with Crippen molar-refractivity contribution in [3.8, 4) is 11.5 Å². The fourth-order valence-electron chi connectivity index (χ4n) is 3.29. The van der Waals surface area contributed by atoms with Gasteiger partial charge in [0.25, 0.3) is 0 Å². The van der Waals surface area contributed by atoms with Crippen molar-refractivity contribution in [1.82, 2.24) is 0 Å². The summed E-state index contributed by atoms with van der Waals surface area (Å²) in [5.41, 5.74) is 1.95. The molecule has 5 nitrogen and oxygen atoms in total. The van der Waals surface area contributed by atoms with Crippen LogP contribution in [-0.4, -0.2) is 24.8 Å². The zero-order valence-corrected chi connectivity index (χ0v) is 19.6. The van der Waals surface area contributed by atoms with Crippen LogP contribution in [0.1, 0.15) is 44.9 Å². The lowest BCUT2D eigenvalue weighted by Crippen LogP contribution is -2.35. The van der Waals surface area contributed by atoms with Gasteiger partial charge in [-0.25, -0.2) is 0 Å². The molecule has 0 aliphatic heterocycles. The molecule has 0 spiro atoms. The van der Waals surface area contributed by atoms with E-state index >= 15 is 0 Å². The van der Waals surface area contributed by atoms with Crippen molar-refractivity contribution in [2.24, 2.45) is 11.3 Å². The average Bonchev–Trinajstić information content (AvgIpc) is 2.78. The Bertz CT molecular complexity index is 926. The van der Waals surface area contributed by atoms with Crippen LogP contribution in [0.3, 0.4) is 0 Å². The molecule has 2 aromatic carbocycles. The third-order valence-electron chi connectivity index (χ3n) is 5.38. The maximum absolute atomic E-state index is 12.6. The van der Waals surface area contributed by atoms with Gasteiger partial charge >= 0.3 is 5.97 Å².